The molecule has 9 heteroatoms. The fourth-order valence-corrected chi connectivity index (χ4v) is 5.40. The predicted octanol–water partition coefficient (Wildman–Crippen LogP) is 5.36. The van der Waals surface area contributed by atoms with E-state index in [0.29, 0.717) is 38.6 Å². The molecule has 0 saturated carbocycles. The van der Waals surface area contributed by atoms with Crippen LogP contribution >= 0.6 is 0 Å². The van der Waals surface area contributed by atoms with Gasteiger partial charge in [0.2, 0.25) is 5.91 Å². The minimum absolute atomic E-state index is 0.0181. The minimum atomic E-state index is -1.25. The number of carbonyl (C=O) groups is 2. The average molecular weight is 551 g/mol. The van der Waals surface area contributed by atoms with Crippen molar-refractivity contribution in [2.24, 2.45) is 0 Å². The van der Waals surface area contributed by atoms with Gasteiger partial charge in [-0.3, -0.25) is 4.79 Å². The number of carboxylic acids is 1. The SMILES string of the molecule is Cc1c(CC(=O)NC(Cc2c[nH]c3ccc(O)cc23)C(=O)O)c(=O)oc2c(C)c3occ(-c4ccccc4)c3cc12. The number of hydrogen-bond donors (Lipinski definition) is 4. The van der Waals surface area contributed by atoms with Gasteiger partial charge in [0.15, 0.2) is 0 Å². The molecular weight excluding hydrogens is 524 g/mol. The second-order valence-corrected chi connectivity index (χ2v) is 10.1. The van der Waals surface area contributed by atoms with Crippen molar-refractivity contribution in [3.8, 4) is 16.9 Å². The van der Waals surface area contributed by atoms with Crippen LogP contribution in [0.1, 0.15) is 22.3 Å². The normalized spacial score (nSPS) is 12.2. The van der Waals surface area contributed by atoms with Gasteiger partial charge in [0.1, 0.15) is 23.0 Å². The molecule has 1 amide bonds. The van der Waals surface area contributed by atoms with Crippen molar-refractivity contribution >= 4 is 44.7 Å². The van der Waals surface area contributed by atoms with E-state index in [-0.39, 0.29) is 24.2 Å². The van der Waals surface area contributed by atoms with Crippen molar-refractivity contribution in [2.75, 3.05) is 0 Å². The molecule has 0 radical (unpaired) electrons. The van der Waals surface area contributed by atoms with Gasteiger partial charge in [-0.2, -0.15) is 0 Å². The summed E-state index contributed by atoms with van der Waals surface area (Å²) in [5, 5.41) is 24.4. The zero-order valence-electron chi connectivity index (χ0n) is 22.3. The number of amides is 1. The van der Waals surface area contributed by atoms with Crippen LogP contribution in [0.4, 0.5) is 0 Å². The highest BCUT2D eigenvalue weighted by molar-refractivity contribution is 6.05. The van der Waals surface area contributed by atoms with E-state index in [1.807, 2.05) is 43.3 Å². The van der Waals surface area contributed by atoms with Crippen molar-refractivity contribution in [1.29, 1.82) is 0 Å². The lowest BCUT2D eigenvalue weighted by Gasteiger charge is -2.15. The standard InChI is InChI=1S/C32H26N2O7/c1-16-21-12-24-25(18-6-4-3-5-7-18)15-40-29(24)17(2)30(21)41-32(39)22(16)13-28(36)34-27(31(37)38)10-19-14-33-26-9-8-20(35)11-23(19)26/h3-9,11-12,14-15,27,33,35H,10,13H2,1-2H3,(H,34,36)(H,37,38). The van der Waals surface area contributed by atoms with Crippen molar-refractivity contribution in [3.63, 3.8) is 0 Å². The third-order valence-electron chi connectivity index (χ3n) is 7.57. The van der Waals surface area contributed by atoms with E-state index < -0.39 is 23.5 Å². The Morgan fingerprint density at radius 1 is 0.976 bits per heavy atom. The van der Waals surface area contributed by atoms with E-state index in [2.05, 4.69) is 10.3 Å². The molecule has 0 bridgehead atoms. The first kappa shape index (κ1) is 25.9. The Hall–Kier alpha value is -5.31. The number of carboxylic acid groups (broad SMARTS) is 1. The van der Waals surface area contributed by atoms with Gasteiger partial charge >= 0.3 is 11.6 Å². The number of furan rings is 1. The van der Waals surface area contributed by atoms with Crippen LogP contribution in [-0.2, 0) is 22.4 Å². The smallest absolute Gasteiger partial charge is 0.340 e. The van der Waals surface area contributed by atoms with Crippen LogP contribution in [-0.4, -0.2) is 33.1 Å². The number of rotatable bonds is 7. The Balaban J connectivity index is 1.32. The molecule has 6 aromatic rings. The number of benzene rings is 3. The summed E-state index contributed by atoms with van der Waals surface area (Å²) in [7, 11) is 0. The van der Waals surface area contributed by atoms with Crippen molar-refractivity contribution < 1.29 is 28.6 Å². The average Bonchev–Trinajstić information content (AvgIpc) is 3.56. The summed E-state index contributed by atoms with van der Waals surface area (Å²) < 4.78 is 11.5. The molecular formula is C32H26N2O7. The first-order valence-corrected chi connectivity index (χ1v) is 13.0. The molecule has 3 heterocycles. The number of aliphatic carboxylic acids is 1. The molecule has 3 aromatic carbocycles. The summed E-state index contributed by atoms with van der Waals surface area (Å²) in [5.74, 6) is -1.80. The molecule has 0 saturated heterocycles. The van der Waals surface area contributed by atoms with E-state index in [1.54, 1.807) is 25.5 Å². The monoisotopic (exact) mass is 550 g/mol. The Morgan fingerprint density at radius 3 is 2.51 bits per heavy atom. The number of phenolic OH excluding ortho intramolecular Hbond substituents is 1. The maximum absolute atomic E-state index is 13.1. The Bertz CT molecular complexity index is 2030. The second-order valence-electron chi connectivity index (χ2n) is 10.1. The fourth-order valence-electron chi connectivity index (χ4n) is 5.40. The van der Waals surface area contributed by atoms with Gasteiger partial charge in [-0.05, 0) is 54.8 Å². The number of aromatic nitrogens is 1. The van der Waals surface area contributed by atoms with Gasteiger partial charge in [-0.1, -0.05) is 30.3 Å². The van der Waals surface area contributed by atoms with Gasteiger partial charge in [-0.15, -0.1) is 0 Å². The Morgan fingerprint density at radius 2 is 1.76 bits per heavy atom. The zero-order chi connectivity index (χ0) is 28.8. The van der Waals surface area contributed by atoms with E-state index >= 15 is 0 Å². The zero-order valence-corrected chi connectivity index (χ0v) is 22.3. The molecule has 0 spiro atoms. The predicted molar refractivity (Wildman–Crippen MR) is 154 cm³/mol. The summed E-state index contributed by atoms with van der Waals surface area (Å²) in [6.07, 6.45) is 2.96. The van der Waals surface area contributed by atoms with E-state index in [0.717, 1.165) is 22.0 Å². The lowest BCUT2D eigenvalue weighted by Crippen LogP contribution is -2.43. The molecule has 41 heavy (non-hydrogen) atoms. The number of H-pyrrole nitrogens is 1. The summed E-state index contributed by atoms with van der Waals surface area (Å²) in [6, 6.07) is 15.2. The molecule has 6 rings (SSSR count). The van der Waals surface area contributed by atoms with Crippen LogP contribution in [0.25, 0.3) is 44.0 Å². The molecule has 0 aliphatic rings. The van der Waals surface area contributed by atoms with Crippen LogP contribution in [0.3, 0.4) is 0 Å². The number of hydrogen-bond acceptors (Lipinski definition) is 6. The molecule has 206 valence electrons. The van der Waals surface area contributed by atoms with Crippen LogP contribution in [0.5, 0.6) is 5.75 Å². The van der Waals surface area contributed by atoms with E-state index in [4.69, 9.17) is 8.83 Å². The highest BCUT2D eigenvalue weighted by atomic mass is 16.4. The van der Waals surface area contributed by atoms with Gasteiger partial charge in [0, 0.05) is 45.4 Å². The quantitative estimate of drug-likeness (QED) is 0.196. The molecule has 1 unspecified atom stereocenters. The first-order valence-electron chi connectivity index (χ1n) is 13.0. The fraction of sp³-hybridized carbons (Fsp3) is 0.156. The third-order valence-corrected chi connectivity index (χ3v) is 7.57. The van der Waals surface area contributed by atoms with Crippen LogP contribution in [0.15, 0.2) is 80.7 Å². The number of carbonyl (C=O) groups excluding carboxylic acids is 1. The second kappa shape index (κ2) is 10.0. The summed E-state index contributed by atoms with van der Waals surface area (Å²) >= 11 is 0. The minimum Gasteiger partial charge on any atom is -0.508 e. The molecule has 3 aromatic heterocycles. The highest BCUT2D eigenvalue weighted by Crippen LogP contribution is 2.37. The van der Waals surface area contributed by atoms with Gasteiger partial charge < -0.3 is 29.3 Å². The lowest BCUT2D eigenvalue weighted by molar-refractivity contribution is -0.141. The van der Waals surface area contributed by atoms with E-state index in [9.17, 15) is 24.6 Å². The van der Waals surface area contributed by atoms with Crippen molar-refractivity contribution in [1.82, 2.24) is 10.3 Å². The van der Waals surface area contributed by atoms with Gasteiger partial charge in [0.25, 0.3) is 0 Å². The molecule has 0 aliphatic heterocycles. The van der Waals surface area contributed by atoms with Crippen LogP contribution in [0.2, 0.25) is 0 Å². The number of fused-ring (bicyclic) bond motifs is 3. The topological polar surface area (TPSA) is 146 Å². The molecule has 4 N–H and O–H groups in total. The van der Waals surface area contributed by atoms with Crippen LogP contribution in [0, 0.1) is 13.8 Å². The molecule has 0 aliphatic carbocycles. The summed E-state index contributed by atoms with van der Waals surface area (Å²) in [5.41, 5.74) is 4.95. The highest BCUT2D eigenvalue weighted by Gasteiger charge is 2.25. The van der Waals surface area contributed by atoms with Crippen molar-refractivity contribution in [2.45, 2.75) is 32.7 Å². The summed E-state index contributed by atoms with van der Waals surface area (Å²) in [6.45, 7) is 3.57. The largest absolute Gasteiger partial charge is 0.508 e. The Labute approximate surface area is 233 Å². The first-order chi connectivity index (χ1) is 19.7. The number of aryl methyl sites for hydroxylation is 2. The third kappa shape index (κ3) is 4.61. The maximum Gasteiger partial charge on any atom is 0.340 e. The lowest BCUT2D eigenvalue weighted by atomic mass is 9.97. The maximum atomic E-state index is 13.1. The molecule has 9 nitrogen and oxygen atoms in total. The number of phenols is 1. The van der Waals surface area contributed by atoms with E-state index in [1.165, 1.54) is 12.1 Å². The number of aromatic hydroxyl groups is 1. The molecule has 0 fully saturated rings. The van der Waals surface area contributed by atoms with Gasteiger partial charge in [-0.25, -0.2) is 9.59 Å². The number of nitrogens with one attached hydrogen (secondary N) is 2. The van der Waals surface area contributed by atoms with Crippen LogP contribution < -0.4 is 10.9 Å². The molecule has 1 atom stereocenters. The summed E-state index contributed by atoms with van der Waals surface area (Å²) in [4.78, 5) is 41.2. The van der Waals surface area contributed by atoms with Crippen molar-refractivity contribution in [3.05, 3.63) is 99.7 Å². The number of aromatic amines is 1. The Kier molecular flexibility index (Phi) is 6.34. The van der Waals surface area contributed by atoms with Gasteiger partial charge in [0.05, 0.1) is 18.2 Å².